The van der Waals surface area contributed by atoms with Gasteiger partial charge >= 0.3 is 0 Å². The van der Waals surface area contributed by atoms with Crippen LogP contribution in [0.3, 0.4) is 0 Å². The Morgan fingerprint density at radius 3 is 2.60 bits per heavy atom. The Hall–Kier alpha value is -2.52. The summed E-state index contributed by atoms with van der Waals surface area (Å²) < 4.78 is 0.705. The van der Waals surface area contributed by atoms with E-state index >= 15 is 0 Å². The molecule has 0 aliphatic heterocycles. The summed E-state index contributed by atoms with van der Waals surface area (Å²) in [7, 11) is 0. The molecule has 0 aliphatic carbocycles. The van der Waals surface area contributed by atoms with E-state index in [1.807, 2.05) is 30.3 Å². The van der Waals surface area contributed by atoms with Gasteiger partial charge in [0.25, 0.3) is 0 Å². The quantitative estimate of drug-likeness (QED) is 0.726. The molecule has 1 aromatic heterocycles. The summed E-state index contributed by atoms with van der Waals surface area (Å²) in [6.07, 6.45) is 0. The van der Waals surface area contributed by atoms with E-state index in [2.05, 4.69) is 37.4 Å². The molecule has 0 saturated carbocycles. The molecule has 0 fully saturated rings. The van der Waals surface area contributed by atoms with E-state index in [9.17, 15) is 0 Å². The molecule has 5 nitrogen and oxygen atoms in total. The molecule has 0 N–H and O–H groups in total. The normalized spacial score (nSPS) is 10.2. The topological polar surface area (TPSA) is 67.4 Å². The minimum Gasteiger partial charge on any atom is -0.192 e. The number of nitriles is 1. The predicted molar refractivity (Wildman–Crippen MR) is 77.0 cm³/mol. The zero-order chi connectivity index (χ0) is 13.9. The van der Waals surface area contributed by atoms with Crippen molar-refractivity contribution in [3.63, 3.8) is 0 Å². The monoisotopic (exact) mass is 325 g/mol. The summed E-state index contributed by atoms with van der Waals surface area (Å²) in [6, 6.07) is 17.0. The largest absolute Gasteiger partial charge is 0.205 e. The zero-order valence-electron chi connectivity index (χ0n) is 10.2. The van der Waals surface area contributed by atoms with Gasteiger partial charge < -0.3 is 0 Å². The highest BCUT2D eigenvalue weighted by molar-refractivity contribution is 9.10. The van der Waals surface area contributed by atoms with Crippen molar-refractivity contribution < 1.29 is 0 Å². The van der Waals surface area contributed by atoms with Crippen LogP contribution in [-0.2, 0) is 0 Å². The van der Waals surface area contributed by atoms with Crippen molar-refractivity contribution in [1.82, 2.24) is 20.2 Å². The Morgan fingerprint density at radius 2 is 1.90 bits per heavy atom. The van der Waals surface area contributed by atoms with Crippen LogP contribution >= 0.6 is 15.9 Å². The Kier molecular flexibility index (Phi) is 3.27. The standard InChI is InChI=1S/C14H8BrN5/c15-13-8-12(7-6-11(13)9-16)20-18-14(17-19-20)10-4-2-1-3-5-10/h1-8H. The number of nitrogens with zero attached hydrogens (tertiary/aromatic N) is 5. The highest BCUT2D eigenvalue weighted by atomic mass is 79.9. The van der Waals surface area contributed by atoms with E-state index in [1.54, 1.807) is 18.2 Å². The third-order valence-electron chi connectivity index (χ3n) is 2.75. The second kappa shape index (κ2) is 5.23. The third-order valence-corrected chi connectivity index (χ3v) is 3.41. The first kappa shape index (κ1) is 12.5. The molecule has 2 aromatic carbocycles. The van der Waals surface area contributed by atoms with E-state index < -0.39 is 0 Å². The number of rotatable bonds is 2. The fraction of sp³-hybridized carbons (Fsp3) is 0. The highest BCUT2D eigenvalue weighted by Gasteiger charge is 2.08. The van der Waals surface area contributed by atoms with Crippen molar-refractivity contribution >= 4 is 15.9 Å². The minimum absolute atomic E-state index is 0.561. The van der Waals surface area contributed by atoms with Crippen molar-refractivity contribution in [3.05, 3.63) is 58.6 Å². The van der Waals surface area contributed by atoms with Gasteiger partial charge in [0, 0.05) is 10.0 Å². The second-order valence-corrected chi connectivity index (χ2v) is 4.90. The number of hydrogen-bond acceptors (Lipinski definition) is 4. The molecule has 96 valence electrons. The van der Waals surface area contributed by atoms with Crippen LogP contribution in [0.4, 0.5) is 0 Å². The molecular weight excluding hydrogens is 318 g/mol. The molecule has 0 bridgehead atoms. The minimum atomic E-state index is 0.561. The van der Waals surface area contributed by atoms with Gasteiger partial charge in [-0.05, 0) is 39.3 Å². The maximum Gasteiger partial charge on any atom is 0.205 e. The van der Waals surface area contributed by atoms with Gasteiger partial charge in [-0.15, -0.1) is 15.0 Å². The fourth-order valence-corrected chi connectivity index (χ4v) is 2.20. The molecule has 0 atom stereocenters. The first-order chi connectivity index (χ1) is 9.78. The highest BCUT2D eigenvalue weighted by Crippen LogP contribution is 2.20. The van der Waals surface area contributed by atoms with Gasteiger partial charge in [-0.2, -0.15) is 5.26 Å². The van der Waals surface area contributed by atoms with Crippen molar-refractivity contribution in [2.24, 2.45) is 0 Å². The summed E-state index contributed by atoms with van der Waals surface area (Å²) >= 11 is 3.34. The lowest BCUT2D eigenvalue weighted by atomic mass is 10.2. The zero-order valence-corrected chi connectivity index (χ0v) is 11.8. The molecule has 3 aromatic rings. The molecule has 0 amide bonds. The Labute approximate surface area is 123 Å². The van der Waals surface area contributed by atoms with E-state index in [-0.39, 0.29) is 0 Å². The average Bonchev–Trinajstić information content (AvgIpc) is 2.98. The second-order valence-electron chi connectivity index (χ2n) is 4.04. The van der Waals surface area contributed by atoms with Gasteiger partial charge in [0.05, 0.1) is 11.3 Å². The number of benzene rings is 2. The summed E-state index contributed by atoms with van der Waals surface area (Å²) in [5.41, 5.74) is 2.22. The molecular formula is C14H8BrN5. The van der Waals surface area contributed by atoms with Crippen LogP contribution in [0.2, 0.25) is 0 Å². The molecule has 0 aliphatic rings. The summed E-state index contributed by atoms with van der Waals surface area (Å²) in [5.74, 6) is 0.561. The number of aromatic nitrogens is 4. The van der Waals surface area contributed by atoms with Gasteiger partial charge in [0.1, 0.15) is 6.07 Å². The van der Waals surface area contributed by atoms with Crippen molar-refractivity contribution in [3.8, 4) is 23.1 Å². The lowest BCUT2D eigenvalue weighted by Crippen LogP contribution is -1.99. The van der Waals surface area contributed by atoms with Crippen LogP contribution in [0.15, 0.2) is 53.0 Å². The summed E-state index contributed by atoms with van der Waals surface area (Å²) in [6.45, 7) is 0. The van der Waals surface area contributed by atoms with Crippen LogP contribution in [0.1, 0.15) is 5.56 Å². The predicted octanol–water partition coefficient (Wildman–Crippen LogP) is 2.96. The van der Waals surface area contributed by atoms with Crippen molar-refractivity contribution in [1.29, 1.82) is 5.26 Å². The molecule has 1 heterocycles. The Morgan fingerprint density at radius 1 is 1.10 bits per heavy atom. The van der Waals surface area contributed by atoms with Gasteiger partial charge in [-0.3, -0.25) is 0 Å². The van der Waals surface area contributed by atoms with Crippen LogP contribution in [0.25, 0.3) is 17.1 Å². The van der Waals surface area contributed by atoms with Crippen molar-refractivity contribution in [2.75, 3.05) is 0 Å². The van der Waals surface area contributed by atoms with Gasteiger partial charge in [-0.1, -0.05) is 30.3 Å². The first-order valence-corrected chi connectivity index (χ1v) is 6.63. The first-order valence-electron chi connectivity index (χ1n) is 5.83. The number of hydrogen-bond donors (Lipinski definition) is 0. The van der Waals surface area contributed by atoms with E-state index in [1.165, 1.54) is 4.80 Å². The lowest BCUT2D eigenvalue weighted by Gasteiger charge is -2.00. The average molecular weight is 326 g/mol. The molecule has 20 heavy (non-hydrogen) atoms. The smallest absolute Gasteiger partial charge is 0.192 e. The maximum absolute atomic E-state index is 8.90. The Balaban J connectivity index is 1.99. The van der Waals surface area contributed by atoms with Crippen LogP contribution < -0.4 is 0 Å². The molecule has 3 rings (SSSR count). The fourth-order valence-electron chi connectivity index (χ4n) is 1.75. The van der Waals surface area contributed by atoms with Crippen LogP contribution in [-0.4, -0.2) is 20.2 Å². The lowest BCUT2D eigenvalue weighted by molar-refractivity contribution is 0.719. The number of halogens is 1. The van der Waals surface area contributed by atoms with Gasteiger partial charge in [0.15, 0.2) is 0 Å². The van der Waals surface area contributed by atoms with Gasteiger partial charge in [-0.25, -0.2) is 0 Å². The molecule has 0 saturated heterocycles. The molecule has 6 heteroatoms. The van der Waals surface area contributed by atoms with Crippen LogP contribution in [0, 0.1) is 11.3 Å². The van der Waals surface area contributed by atoms with E-state index in [0.717, 1.165) is 11.3 Å². The third kappa shape index (κ3) is 2.31. The maximum atomic E-state index is 8.90. The van der Waals surface area contributed by atoms with Crippen molar-refractivity contribution in [2.45, 2.75) is 0 Å². The molecule has 0 radical (unpaired) electrons. The SMILES string of the molecule is N#Cc1ccc(-n2nnc(-c3ccccc3)n2)cc1Br. The van der Waals surface area contributed by atoms with E-state index in [0.29, 0.717) is 15.9 Å². The number of tetrazole rings is 1. The van der Waals surface area contributed by atoms with Gasteiger partial charge in [0.2, 0.25) is 5.82 Å². The summed E-state index contributed by atoms with van der Waals surface area (Å²) in [4.78, 5) is 1.44. The Bertz CT molecular complexity index is 789. The van der Waals surface area contributed by atoms with E-state index in [4.69, 9.17) is 5.26 Å². The summed E-state index contributed by atoms with van der Waals surface area (Å²) in [5, 5.41) is 21.3. The van der Waals surface area contributed by atoms with Crippen LogP contribution in [0.5, 0.6) is 0 Å². The molecule has 0 unspecified atom stereocenters. The molecule has 0 spiro atoms.